The lowest BCUT2D eigenvalue weighted by atomic mass is 10.2. The average molecular weight is 315 g/mol. The van der Waals surface area contributed by atoms with Crippen molar-refractivity contribution in [3.05, 3.63) is 56.0 Å². The maximum absolute atomic E-state index is 12.2. The quantitative estimate of drug-likeness (QED) is 0.693. The zero-order chi connectivity index (χ0) is 15.7. The number of ether oxygens (including phenoxy) is 1. The number of carbonyl (C=O) groups excluding carboxylic acids is 1. The lowest BCUT2D eigenvalue weighted by Gasteiger charge is -2.06. The van der Waals surface area contributed by atoms with Gasteiger partial charge >= 0.3 is 5.97 Å². The summed E-state index contributed by atoms with van der Waals surface area (Å²) in [5, 5.41) is 8.16. The Hall–Kier alpha value is -2.54. The molecule has 1 aromatic carbocycles. The van der Waals surface area contributed by atoms with Crippen LogP contribution in [0, 0.1) is 13.8 Å². The summed E-state index contributed by atoms with van der Waals surface area (Å²) in [6, 6.07) is 8.67. The van der Waals surface area contributed by atoms with Gasteiger partial charge in [0.05, 0.1) is 10.9 Å². The number of hydrogen-bond acceptors (Lipinski definition) is 6. The van der Waals surface area contributed by atoms with Crippen molar-refractivity contribution in [2.24, 2.45) is 0 Å². The smallest absolute Gasteiger partial charge is 0.341 e. The molecule has 0 N–H and O–H groups in total. The van der Waals surface area contributed by atoms with Crippen LogP contribution >= 0.6 is 11.3 Å². The summed E-state index contributed by atoms with van der Waals surface area (Å²) in [5.41, 5.74) is 0.695. The first-order valence-corrected chi connectivity index (χ1v) is 7.44. The molecule has 0 saturated carbocycles. The van der Waals surface area contributed by atoms with Crippen LogP contribution in [-0.2, 0) is 11.5 Å². The highest BCUT2D eigenvalue weighted by Gasteiger charge is 2.14. The van der Waals surface area contributed by atoms with E-state index in [1.807, 2.05) is 13.8 Å². The number of fused-ring (bicyclic) bond motifs is 1. The third-order valence-electron chi connectivity index (χ3n) is 3.21. The van der Waals surface area contributed by atoms with Crippen molar-refractivity contribution in [3.8, 4) is 0 Å². The highest BCUT2D eigenvalue weighted by Crippen LogP contribution is 2.21. The summed E-state index contributed by atoms with van der Waals surface area (Å²) < 4.78 is 6.20. The van der Waals surface area contributed by atoms with E-state index in [0.29, 0.717) is 16.5 Å². The SMILES string of the molecule is Cc1cc(C(=O)OCn2nnc3ccccc3c2=O)c(C)s1. The molecule has 0 radical (unpaired) electrons. The number of carbonyl (C=O) groups is 1. The van der Waals surface area contributed by atoms with Crippen molar-refractivity contribution >= 4 is 28.2 Å². The van der Waals surface area contributed by atoms with E-state index < -0.39 is 5.97 Å². The fourth-order valence-electron chi connectivity index (χ4n) is 2.14. The minimum atomic E-state index is -0.469. The van der Waals surface area contributed by atoms with Crippen LogP contribution in [0.4, 0.5) is 0 Å². The fraction of sp³-hybridized carbons (Fsp3) is 0.200. The van der Waals surface area contributed by atoms with Crippen LogP contribution < -0.4 is 5.56 Å². The van der Waals surface area contributed by atoms with Crippen molar-refractivity contribution in [1.29, 1.82) is 0 Å². The number of hydrogen-bond donors (Lipinski definition) is 0. The molecule has 2 aromatic heterocycles. The first-order chi connectivity index (χ1) is 10.6. The molecule has 0 atom stereocenters. The van der Waals surface area contributed by atoms with Gasteiger partial charge in [0.15, 0.2) is 6.73 Å². The molecular weight excluding hydrogens is 302 g/mol. The van der Waals surface area contributed by atoms with E-state index in [9.17, 15) is 9.59 Å². The molecule has 3 aromatic rings. The van der Waals surface area contributed by atoms with E-state index >= 15 is 0 Å². The molecule has 112 valence electrons. The standard InChI is InChI=1S/C15H13N3O3S/c1-9-7-12(10(2)22-9)15(20)21-8-18-14(19)11-5-3-4-6-13(11)16-17-18/h3-7H,8H2,1-2H3. The lowest BCUT2D eigenvalue weighted by molar-refractivity contribution is 0.0336. The second-order valence-electron chi connectivity index (χ2n) is 4.80. The number of aryl methyl sites for hydroxylation is 2. The number of thiophene rings is 1. The molecule has 0 bridgehead atoms. The summed E-state index contributed by atoms with van der Waals surface area (Å²) in [6.45, 7) is 3.52. The molecule has 0 amide bonds. The van der Waals surface area contributed by atoms with Gasteiger partial charge in [0.25, 0.3) is 5.56 Å². The Morgan fingerprint density at radius 3 is 2.82 bits per heavy atom. The minimum Gasteiger partial charge on any atom is -0.439 e. The van der Waals surface area contributed by atoms with Gasteiger partial charge in [-0.3, -0.25) is 4.79 Å². The second kappa shape index (κ2) is 5.69. The van der Waals surface area contributed by atoms with E-state index in [4.69, 9.17) is 4.74 Å². The Morgan fingerprint density at radius 2 is 2.09 bits per heavy atom. The Labute approximate surface area is 130 Å². The molecule has 0 aliphatic heterocycles. The summed E-state index contributed by atoms with van der Waals surface area (Å²) in [4.78, 5) is 26.2. The molecule has 22 heavy (non-hydrogen) atoms. The molecule has 3 rings (SSSR count). The lowest BCUT2D eigenvalue weighted by Crippen LogP contribution is -2.26. The first kappa shape index (κ1) is 14.4. The molecule has 0 saturated heterocycles. The van der Waals surface area contributed by atoms with Gasteiger partial charge in [-0.1, -0.05) is 17.3 Å². The van der Waals surface area contributed by atoms with E-state index in [0.717, 1.165) is 14.4 Å². The van der Waals surface area contributed by atoms with Gasteiger partial charge in [0, 0.05) is 9.75 Å². The van der Waals surface area contributed by atoms with Gasteiger partial charge in [-0.15, -0.1) is 16.4 Å². The average Bonchev–Trinajstić information content (AvgIpc) is 2.85. The third kappa shape index (κ3) is 2.62. The summed E-state index contributed by atoms with van der Waals surface area (Å²) in [5.74, 6) is -0.469. The largest absolute Gasteiger partial charge is 0.439 e. The number of benzene rings is 1. The molecule has 0 aliphatic carbocycles. The molecule has 0 aliphatic rings. The maximum Gasteiger partial charge on any atom is 0.341 e. The molecule has 7 heteroatoms. The zero-order valence-corrected chi connectivity index (χ0v) is 12.9. The van der Waals surface area contributed by atoms with Gasteiger partial charge in [0.1, 0.15) is 5.52 Å². The number of nitrogens with zero attached hydrogens (tertiary/aromatic N) is 3. The fourth-order valence-corrected chi connectivity index (χ4v) is 3.05. The molecule has 0 unspecified atom stereocenters. The number of rotatable bonds is 3. The number of aromatic nitrogens is 3. The topological polar surface area (TPSA) is 74.1 Å². The van der Waals surface area contributed by atoms with Crippen LogP contribution in [0.5, 0.6) is 0 Å². The number of esters is 1. The van der Waals surface area contributed by atoms with Crippen molar-refractivity contribution in [3.63, 3.8) is 0 Å². The van der Waals surface area contributed by atoms with E-state index in [1.54, 1.807) is 30.3 Å². The van der Waals surface area contributed by atoms with Crippen molar-refractivity contribution < 1.29 is 9.53 Å². The predicted molar refractivity (Wildman–Crippen MR) is 83.0 cm³/mol. The monoisotopic (exact) mass is 315 g/mol. The summed E-state index contributed by atoms with van der Waals surface area (Å²) >= 11 is 1.53. The van der Waals surface area contributed by atoms with E-state index in [-0.39, 0.29) is 12.3 Å². The van der Waals surface area contributed by atoms with Crippen molar-refractivity contribution in [1.82, 2.24) is 15.0 Å². The van der Waals surface area contributed by atoms with E-state index in [2.05, 4.69) is 10.3 Å². The zero-order valence-electron chi connectivity index (χ0n) is 12.1. The van der Waals surface area contributed by atoms with Gasteiger partial charge in [-0.05, 0) is 32.0 Å². The molecule has 2 heterocycles. The van der Waals surface area contributed by atoms with Crippen LogP contribution in [0.3, 0.4) is 0 Å². The Kier molecular flexibility index (Phi) is 3.72. The van der Waals surface area contributed by atoms with Gasteiger partial charge in [-0.25, -0.2) is 4.79 Å². The van der Waals surface area contributed by atoms with Crippen molar-refractivity contribution in [2.45, 2.75) is 20.6 Å². The highest BCUT2D eigenvalue weighted by molar-refractivity contribution is 7.12. The van der Waals surface area contributed by atoms with Crippen LogP contribution in [0.15, 0.2) is 35.1 Å². The van der Waals surface area contributed by atoms with Crippen LogP contribution in [0.2, 0.25) is 0 Å². The molecular formula is C15H13N3O3S. The molecule has 0 fully saturated rings. The van der Waals surface area contributed by atoms with Gasteiger partial charge < -0.3 is 4.74 Å². The predicted octanol–water partition coefficient (Wildman–Crippen LogP) is 2.28. The first-order valence-electron chi connectivity index (χ1n) is 6.63. The van der Waals surface area contributed by atoms with Crippen LogP contribution in [0.1, 0.15) is 20.1 Å². The Balaban J connectivity index is 1.82. The Morgan fingerprint density at radius 1 is 1.32 bits per heavy atom. The van der Waals surface area contributed by atoms with Crippen LogP contribution in [-0.4, -0.2) is 21.0 Å². The third-order valence-corrected chi connectivity index (χ3v) is 4.17. The van der Waals surface area contributed by atoms with Crippen LogP contribution in [0.25, 0.3) is 10.9 Å². The summed E-state index contributed by atoms with van der Waals surface area (Å²) in [7, 11) is 0. The maximum atomic E-state index is 12.2. The normalized spacial score (nSPS) is 10.8. The van der Waals surface area contributed by atoms with Gasteiger partial charge in [0.2, 0.25) is 0 Å². The van der Waals surface area contributed by atoms with E-state index in [1.165, 1.54) is 11.3 Å². The van der Waals surface area contributed by atoms with Crippen molar-refractivity contribution in [2.75, 3.05) is 0 Å². The van der Waals surface area contributed by atoms with Gasteiger partial charge in [-0.2, -0.15) is 4.68 Å². The minimum absolute atomic E-state index is 0.260. The molecule has 0 spiro atoms. The summed E-state index contributed by atoms with van der Waals surface area (Å²) in [6.07, 6.45) is 0. The molecule has 6 nitrogen and oxygen atoms in total. The Bertz CT molecular complexity index is 914. The highest BCUT2D eigenvalue weighted by atomic mass is 32.1. The second-order valence-corrected chi connectivity index (χ2v) is 6.26.